The molecule has 0 saturated carbocycles. The largest absolute Gasteiger partial charge is 0.351 e. The van der Waals surface area contributed by atoms with Crippen LogP contribution in [0.15, 0.2) is 12.1 Å². The lowest BCUT2D eigenvalue weighted by Crippen LogP contribution is -2.38. The summed E-state index contributed by atoms with van der Waals surface area (Å²) in [6.45, 7) is 0. The van der Waals surface area contributed by atoms with Crippen molar-refractivity contribution in [2.24, 2.45) is 5.73 Å². The number of hydrogen-bond donors (Lipinski definition) is 4. The van der Waals surface area contributed by atoms with Gasteiger partial charge in [-0.1, -0.05) is 23.2 Å². The summed E-state index contributed by atoms with van der Waals surface area (Å²) in [6, 6.07) is 2.39. The molecule has 0 spiro atoms. The Morgan fingerprint density at radius 2 is 2.06 bits per heavy atom. The summed E-state index contributed by atoms with van der Waals surface area (Å²) in [5.74, 6) is -0.255. The molecule has 5 N–H and O–H groups in total. The Morgan fingerprint density at radius 3 is 2.56 bits per heavy atom. The van der Waals surface area contributed by atoms with Gasteiger partial charge in [0.1, 0.15) is 0 Å². The van der Waals surface area contributed by atoms with Gasteiger partial charge in [0.2, 0.25) is 5.96 Å². The number of nitrogens with one attached hydrogen (secondary N) is 3. The van der Waals surface area contributed by atoms with Crippen LogP contribution in [0, 0.1) is 8.98 Å². The number of halogens is 3. The molecule has 1 rings (SSSR count). The molecular formula is C8H7Cl2IN4O. The van der Waals surface area contributed by atoms with E-state index in [9.17, 15) is 4.79 Å². The maximum Gasteiger partial charge on any atom is 0.318 e. The summed E-state index contributed by atoms with van der Waals surface area (Å²) in [6.07, 6.45) is 0. The smallest absolute Gasteiger partial charge is 0.318 e. The van der Waals surface area contributed by atoms with E-state index in [-0.39, 0.29) is 5.96 Å². The molecule has 1 aromatic carbocycles. The number of carbonyl (C=O) groups is 1. The highest BCUT2D eigenvalue weighted by molar-refractivity contribution is 14.1. The molecule has 0 aliphatic carbocycles. The molecule has 0 saturated heterocycles. The molecule has 0 heterocycles. The summed E-state index contributed by atoms with van der Waals surface area (Å²) >= 11 is 13.7. The van der Waals surface area contributed by atoms with Crippen LogP contribution in [0.25, 0.3) is 0 Å². The van der Waals surface area contributed by atoms with E-state index in [4.69, 9.17) is 34.3 Å². The number of guanidine groups is 1. The summed E-state index contributed by atoms with van der Waals surface area (Å²) in [4.78, 5) is 10.5. The third-order valence-electron chi connectivity index (χ3n) is 1.51. The van der Waals surface area contributed by atoms with Crippen molar-refractivity contribution < 1.29 is 4.79 Å². The maximum absolute atomic E-state index is 10.5. The van der Waals surface area contributed by atoms with Crippen LogP contribution in [0.3, 0.4) is 0 Å². The first kappa shape index (κ1) is 13.3. The monoisotopic (exact) mass is 372 g/mol. The number of primary amides is 1. The number of amides is 2. The van der Waals surface area contributed by atoms with Crippen LogP contribution >= 0.6 is 45.8 Å². The molecule has 0 atom stereocenters. The Bertz CT molecular complexity index is 429. The van der Waals surface area contributed by atoms with Crippen molar-refractivity contribution in [3.8, 4) is 0 Å². The Hall–Kier alpha value is -0.730. The first-order chi connectivity index (χ1) is 7.40. The SMILES string of the molecule is N=C(NC(N)=O)Nc1c(Cl)cc(Cl)cc1I. The molecule has 5 nitrogen and oxygen atoms in total. The third-order valence-corrected chi connectivity index (χ3v) is 2.87. The lowest BCUT2D eigenvalue weighted by molar-refractivity contribution is 0.253. The van der Waals surface area contributed by atoms with E-state index in [2.05, 4.69) is 10.6 Å². The van der Waals surface area contributed by atoms with Gasteiger partial charge in [0.15, 0.2) is 0 Å². The molecule has 86 valence electrons. The molecule has 0 aliphatic rings. The average Bonchev–Trinajstić information content (AvgIpc) is 2.09. The summed E-state index contributed by atoms with van der Waals surface area (Å²) in [7, 11) is 0. The minimum Gasteiger partial charge on any atom is -0.351 e. The number of urea groups is 1. The molecule has 0 radical (unpaired) electrons. The van der Waals surface area contributed by atoms with Crippen LogP contribution in [-0.2, 0) is 0 Å². The van der Waals surface area contributed by atoms with Crippen molar-refractivity contribution in [2.75, 3.05) is 5.32 Å². The van der Waals surface area contributed by atoms with Gasteiger partial charge in [-0.2, -0.15) is 0 Å². The molecule has 0 unspecified atom stereocenters. The third kappa shape index (κ3) is 3.69. The van der Waals surface area contributed by atoms with Gasteiger partial charge in [-0.05, 0) is 34.7 Å². The first-order valence-corrected chi connectivity index (χ1v) is 5.80. The average molecular weight is 373 g/mol. The molecule has 1 aromatic rings. The van der Waals surface area contributed by atoms with E-state index in [1.165, 1.54) is 6.07 Å². The fourth-order valence-electron chi connectivity index (χ4n) is 0.941. The van der Waals surface area contributed by atoms with Gasteiger partial charge in [-0.15, -0.1) is 0 Å². The molecule has 16 heavy (non-hydrogen) atoms. The normalized spacial score (nSPS) is 9.69. The van der Waals surface area contributed by atoms with Crippen LogP contribution in [0.4, 0.5) is 10.5 Å². The number of nitrogens with two attached hydrogens (primary N) is 1. The van der Waals surface area contributed by atoms with Gasteiger partial charge >= 0.3 is 6.03 Å². The minimum absolute atomic E-state index is 0.255. The van der Waals surface area contributed by atoms with Crippen LogP contribution in [0.5, 0.6) is 0 Å². The highest BCUT2D eigenvalue weighted by Crippen LogP contribution is 2.30. The zero-order valence-electron chi connectivity index (χ0n) is 7.77. The van der Waals surface area contributed by atoms with E-state index < -0.39 is 6.03 Å². The number of hydrogen-bond acceptors (Lipinski definition) is 2. The second kappa shape index (κ2) is 5.55. The van der Waals surface area contributed by atoms with E-state index in [1.807, 2.05) is 22.6 Å². The molecule has 2 amide bonds. The van der Waals surface area contributed by atoms with Crippen LogP contribution in [-0.4, -0.2) is 12.0 Å². The van der Waals surface area contributed by atoms with Crippen molar-refractivity contribution in [1.29, 1.82) is 5.41 Å². The quantitative estimate of drug-likeness (QED) is 0.346. The Labute approximate surface area is 115 Å². The minimum atomic E-state index is -0.822. The maximum atomic E-state index is 10.5. The lowest BCUT2D eigenvalue weighted by Gasteiger charge is -2.11. The summed E-state index contributed by atoms with van der Waals surface area (Å²) in [5, 5.41) is 12.9. The Kier molecular flexibility index (Phi) is 4.63. The van der Waals surface area contributed by atoms with Crippen molar-refractivity contribution in [2.45, 2.75) is 0 Å². The van der Waals surface area contributed by atoms with Crippen LogP contribution in [0.2, 0.25) is 10.0 Å². The van der Waals surface area contributed by atoms with Gasteiger partial charge in [-0.3, -0.25) is 10.7 Å². The van der Waals surface area contributed by atoms with E-state index >= 15 is 0 Å². The summed E-state index contributed by atoms with van der Waals surface area (Å²) in [5.41, 5.74) is 5.35. The van der Waals surface area contributed by atoms with Gasteiger partial charge in [-0.25, -0.2) is 4.79 Å². The molecular weight excluding hydrogens is 366 g/mol. The predicted molar refractivity (Wildman–Crippen MR) is 73.2 cm³/mol. The van der Waals surface area contributed by atoms with Gasteiger partial charge in [0.25, 0.3) is 0 Å². The zero-order valence-corrected chi connectivity index (χ0v) is 11.4. The lowest BCUT2D eigenvalue weighted by atomic mass is 10.3. The predicted octanol–water partition coefficient (Wildman–Crippen LogP) is 2.61. The second-order valence-corrected chi connectivity index (χ2v) is 4.74. The highest BCUT2D eigenvalue weighted by Gasteiger charge is 2.09. The molecule has 0 aromatic heterocycles. The van der Waals surface area contributed by atoms with Crippen LogP contribution in [0.1, 0.15) is 0 Å². The Morgan fingerprint density at radius 1 is 1.44 bits per heavy atom. The molecule has 0 aliphatic heterocycles. The van der Waals surface area contributed by atoms with Crippen molar-refractivity contribution >= 4 is 63.5 Å². The number of anilines is 1. The number of rotatable bonds is 1. The number of carbonyl (C=O) groups excluding carboxylic acids is 1. The van der Waals surface area contributed by atoms with E-state index in [0.717, 1.165) is 3.57 Å². The number of benzene rings is 1. The first-order valence-electron chi connectivity index (χ1n) is 3.96. The van der Waals surface area contributed by atoms with Crippen LogP contribution < -0.4 is 16.4 Å². The zero-order chi connectivity index (χ0) is 12.3. The highest BCUT2D eigenvalue weighted by atomic mass is 127. The van der Waals surface area contributed by atoms with Gasteiger partial charge in [0, 0.05) is 8.59 Å². The fourth-order valence-corrected chi connectivity index (χ4v) is 2.59. The summed E-state index contributed by atoms with van der Waals surface area (Å²) < 4.78 is 0.728. The standard InChI is InChI=1S/C8H7Cl2IN4O/c9-3-1-4(10)6(5(11)2-3)14-7(12)15-8(13)16/h1-2H,(H5,12,13,14,15,16). The Balaban J connectivity index is 2.89. The molecule has 0 bridgehead atoms. The molecule has 8 heteroatoms. The fraction of sp³-hybridized carbons (Fsp3) is 0. The van der Waals surface area contributed by atoms with Crippen molar-refractivity contribution in [1.82, 2.24) is 5.32 Å². The van der Waals surface area contributed by atoms with E-state index in [1.54, 1.807) is 6.07 Å². The van der Waals surface area contributed by atoms with Crippen molar-refractivity contribution in [3.63, 3.8) is 0 Å². The van der Waals surface area contributed by atoms with E-state index in [0.29, 0.717) is 15.7 Å². The topological polar surface area (TPSA) is 91.0 Å². The van der Waals surface area contributed by atoms with Gasteiger partial charge in [0.05, 0.1) is 10.7 Å². The van der Waals surface area contributed by atoms with Gasteiger partial charge < -0.3 is 11.1 Å². The molecule has 0 fully saturated rings. The second-order valence-electron chi connectivity index (χ2n) is 2.73. The van der Waals surface area contributed by atoms with Crippen molar-refractivity contribution in [3.05, 3.63) is 25.7 Å².